The summed E-state index contributed by atoms with van der Waals surface area (Å²) in [7, 11) is 0. The number of halogens is 1. The molecule has 0 fully saturated rings. The Morgan fingerprint density at radius 1 is 1.03 bits per heavy atom. The van der Waals surface area contributed by atoms with Gasteiger partial charge in [-0.05, 0) is 63.9 Å². The van der Waals surface area contributed by atoms with Crippen molar-refractivity contribution in [1.29, 1.82) is 0 Å². The van der Waals surface area contributed by atoms with Gasteiger partial charge in [0.2, 0.25) is 5.78 Å². The van der Waals surface area contributed by atoms with E-state index in [2.05, 4.69) is 5.10 Å². The molecule has 0 saturated carbocycles. The second-order valence-electron chi connectivity index (χ2n) is 9.05. The molecule has 2 aromatic carbocycles. The summed E-state index contributed by atoms with van der Waals surface area (Å²) in [5.74, 6) is -1.37. The summed E-state index contributed by atoms with van der Waals surface area (Å²) in [6.07, 6.45) is 0.684. The molecule has 2 heterocycles. The first-order valence-corrected chi connectivity index (χ1v) is 11.8. The van der Waals surface area contributed by atoms with E-state index in [1.54, 1.807) is 56.3 Å². The van der Waals surface area contributed by atoms with Gasteiger partial charge in [-0.15, -0.1) is 0 Å². The highest BCUT2D eigenvalue weighted by atomic mass is 19.1. The summed E-state index contributed by atoms with van der Waals surface area (Å²) >= 11 is 0. The van der Waals surface area contributed by atoms with Gasteiger partial charge in [0.1, 0.15) is 5.82 Å². The van der Waals surface area contributed by atoms with E-state index in [0.29, 0.717) is 29.3 Å². The number of carbonyl (C=O) groups is 2. The first-order valence-electron chi connectivity index (χ1n) is 11.8. The highest BCUT2D eigenvalue weighted by Gasteiger charge is 2.22. The van der Waals surface area contributed by atoms with Crippen LogP contribution in [0.2, 0.25) is 0 Å². The van der Waals surface area contributed by atoms with E-state index in [4.69, 9.17) is 4.74 Å². The molecular formula is C28H28FN3O4. The minimum atomic E-state index is -0.765. The molecule has 7 nitrogen and oxygen atoms in total. The maximum absolute atomic E-state index is 13.2. The number of carbonyl (C=O) groups excluding carboxylic acids is 2. The van der Waals surface area contributed by atoms with Crippen LogP contribution in [-0.2, 0) is 17.7 Å². The van der Waals surface area contributed by atoms with Gasteiger partial charge in [-0.1, -0.05) is 30.3 Å². The van der Waals surface area contributed by atoms with Crippen LogP contribution in [0, 0.1) is 19.7 Å². The van der Waals surface area contributed by atoms with Crippen molar-refractivity contribution < 1.29 is 18.7 Å². The number of benzene rings is 2. The second-order valence-corrected chi connectivity index (χ2v) is 9.05. The molecule has 186 valence electrons. The first kappa shape index (κ1) is 25.0. The molecule has 0 radical (unpaired) electrons. The zero-order valence-corrected chi connectivity index (χ0v) is 20.7. The number of esters is 1. The lowest BCUT2D eigenvalue weighted by molar-refractivity contribution is 0.0468. The highest BCUT2D eigenvalue weighted by Crippen LogP contribution is 2.19. The lowest BCUT2D eigenvalue weighted by atomic mass is 10.1. The number of aromatic nitrogens is 3. The van der Waals surface area contributed by atoms with Crippen LogP contribution in [0.3, 0.4) is 0 Å². The molecular weight excluding hydrogens is 461 g/mol. The number of hydrogen-bond donors (Lipinski definition) is 0. The fourth-order valence-electron chi connectivity index (χ4n) is 4.30. The van der Waals surface area contributed by atoms with Crippen molar-refractivity contribution in [3.8, 4) is 0 Å². The van der Waals surface area contributed by atoms with Crippen LogP contribution in [-0.4, -0.2) is 32.7 Å². The van der Waals surface area contributed by atoms with E-state index in [1.807, 2.05) is 18.4 Å². The predicted octanol–water partition coefficient (Wildman–Crippen LogP) is 4.82. The number of aryl methyl sites for hydroxylation is 2. The molecule has 0 amide bonds. The number of nitrogens with zero attached hydrogens (tertiary/aromatic N) is 3. The van der Waals surface area contributed by atoms with E-state index in [0.717, 1.165) is 17.0 Å². The van der Waals surface area contributed by atoms with Crippen molar-refractivity contribution in [3.63, 3.8) is 0 Å². The Morgan fingerprint density at radius 2 is 1.69 bits per heavy atom. The van der Waals surface area contributed by atoms with Crippen LogP contribution in [0.1, 0.15) is 57.7 Å². The van der Waals surface area contributed by atoms with Crippen molar-refractivity contribution in [2.45, 2.75) is 46.7 Å². The van der Waals surface area contributed by atoms with Gasteiger partial charge in [0.05, 0.1) is 11.4 Å². The monoisotopic (exact) mass is 489 g/mol. The van der Waals surface area contributed by atoms with Gasteiger partial charge in [0.15, 0.2) is 12.3 Å². The van der Waals surface area contributed by atoms with Crippen molar-refractivity contribution in [1.82, 2.24) is 14.3 Å². The molecule has 0 aliphatic rings. The molecule has 36 heavy (non-hydrogen) atoms. The molecule has 0 atom stereocenters. The Bertz CT molecular complexity index is 1500. The van der Waals surface area contributed by atoms with Crippen LogP contribution >= 0.6 is 0 Å². The minimum absolute atomic E-state index is 0.00327. The third-order valence-corrected chi connectivity index (χ3v) is 6.26. The van der Waals surface area contributed by atoms with E-state index in [9.17, 15) is 18.8 Å². The molecule has 0 N–H and O–H groups in total. The van der Waals surface area contributed by atoms with Gasteiger partial charge < -0.3 is 9.30 Å². The number of Topliss-reactive ketones (excluding diaryl/α,β-unsaturated/α-hetero) is 1. The Hall–Kier alpha value is -4.07. The molecule has 8 heteroatoms. The van der Waals surface area contributed by atoms with E-state index >= 15 is 0 Å². The fraction of sp³-hybridized carbons (Fsp3) is 0.286. The van der Waals surface area contributed by atoms with Crippen molar-refractivity contribution >= 4 is 22.5 Å². The van der Waals surface area contributed by atoms with E-state index in [-0.39, 0.29) is 28.9 Å². The van der Waals surface area contributed by atoms with Gasteiger partial charge in [0.25, 0.3) is 5.56 Å². The smallest absolute Gasteiger partial charge is 0.359 e. The Labute approximate surface area is 208 Å². The molecule has 0 saturated heterocycles. The molecule has 0 aliphatic carbocycles. The number of ketones is 1. The summed E-state index contributed by atoms with van der Waals surface area (Å²) in [6.45, 7) is 7.54. The second kappa shape index (κ2) is 10.3. The Balaban J connectivity index is 1.50. The topological polar surface area (TPSA) is 83.2 Å². The normalized spacial score (nSPS) is 11.3. The number of ether oxygens (including phenoxy) is 1. The average Bonchev–Trinajstić information content (AvgIpc) is 3.15. The summed E-state index contributed by atoms with van der Waals surface area (Å²) < 4.78 is 21.8. The van der Waals surface area contributed by atoms with Crippen molar-refractivity contribution in [2.24, 2.45) is 0 Å². The Morgan fingerprint density at radius 3 is 2.36 bits per heavy atom. The highest BCUT2D eigenvalue weighted by molar-refractivity contribution is 6.04. The van der Waals surface area contributed by atoms with Crippen LogP contribution in [0.4, 0.5) is 4.39 Å². The van der Waals surface area contributed by atoms with Crippen LogP contribution in [0.25, 0.3) is 10.8 Å². The standard InChI is InChI=1S/C28H28FN3O4/c1-17(2)32-27(34)23-8-6-5-7-22(23)26(30-32)28(35)36-16-25(33)24-15-18(3)31(19(24)4)14-13-20-9-11-21(29)12-10-20/h5-12,15,17H,13-14,16H2,1-4H3. The lowest BCUT2D eigenvalue weighted by Gasteiger charge is -2.13. The number of rotatable bonds is 8. The van der Waals surface area contributed by atoms with Crippen LogP contribution < -0.4 is 5.56 Å². The third kappa shape index (κ3) is 4.98. The summed E-state index contributed by atoms with van der Waals surface area (Å²) in [4.78, 5) is 38.6. The number of hydrogen-bond acceptors (Lipinski definition) is 5. The molecule has 2 aromatic heterocycles. The molecule has 0 bridgehead atoms. The van der Waals surface area contributed by atoms with Gasteiger partial charge in [-0.3, -0.25) is 9.59 Å². The number of fused-ring (bicyclic) bond motifs is 1. The average molecular weight is 490 g/mol. The first-order chi connectivity index (χ1) is 17.2. The van der Waals surface area contributed by atoms with Gasteiger partial charge >= 0.3 is 5.97 Å². The Kier molecular flexibility index (Phi) is 7.15. The van der Waals surface area contributed by atoms with Gasteiger partial charge in [0, 0.05) is 28.9 Å². The zero-order chi connectivity index (χ0) is 26.0. The van der Waals surface area contributed by atoms with Crippen LogP contribution in [0.5, 0.6) is 0 Å². The van der Waals surface area contributed by atoms with Gasteiger partial charge in [-0.2, -0.15) is 5.10 Å². The van der Waals surface area contributed by atoms with Gasteiger partial charge in [-0.25, -0.2) is 13.9 Å². The largest absolute Gasteiger partial charge is 0.452 e. The van der Waals surface area contributed by atoms with Crippen molar-refractivity contribution in [2.75, 3.05) is 6.61 Å². The van der Waals surface area contributed by atoms with Crippen molar-refractivity contribution in [3.05, 3.63) is 99.0 Å². The maximum atomic E-state index is 13.2. The third-order valence-electron chi connectivity index (χ3n) is 6.26. The van der Waals surface area contributed by atoms with E-state index in [1.165, 1.54) is 16.8 Å². The SMILES string of the molecule is Cc1cc(C(=O)COC(=O)c2nn(C(C)C)c(=O)c3ccccc23)c(C)n1CCc1ccc(F)cc1. The van der Waals surface area contributed by atoms with Crippen LogP contribution in [0.15, 0.2) is 59.4 Å². The zero-order valence-electron chi connectivity index (χ0n) is 20.7. The molecule has 0 aliphatic heterocycles. The fourth-order valence-corrected chi connectivity index (χ4v) is 4.30. The summed E-state index contributed by atoms with van der Waals surface area (Å²) in [6, 6.07) is 14.6. The quantitative estimate of drug-likeness (QED) is 0.262. The lowest BCUT2D eigenvalue weighted by Crippen LogP contribution is -2.28. The summed E-state index contributed by atoms with van der Waals surface area (Å²) in [5, 5.41) is 4.99. The molecule has 0 unspecified atom stereocenters. The minimum Gasteiger partial charge on any atom is -0.452 e. The maximum Gasteiger partial charge on any atom is 0.359 e. The molecule has 4 rings (SSSR count). The summed E-state index contributed by atoms with van der Waals surface area (Å²) in [5.41, 5.74) is 2.85. The predicted molar refractivity (Wildman–Crippen MR) is 135 cm³/mol. The van der Waals surface area contributed by atoms with E-state index < -0.39 is 12.6 Å². The molecule has 0 spiro atoms. The molecule has 4 aromatic rings.